The van der Waals surface area contributed by atoms with Gasteiger partial charge in [0.15, 0.2) is 5.82 Å². The second kappa shape index (κ2) is 4.75. The summed E-state index contributed by atoms with van der Waals surface area (Å²) in [5, 5.41) is 2.56. The van der Waals surface area contributed by atoms with Gasteiger partial charge in [-0.05, 0) is 22.4 Å². The molecule has 0 unspecified atom stereocenters. The van der Waals surface area contributed by atoms with Gasteiger partial charge < -0.3 is 5.73 Å². The Morgan fingerprint density at radius 1 is 1.24 bits per heavy atom. The molecule has 4 nitrogen and oxygen atoms in total. The highest BCUT2D eigenvalue weighted by atomic mass is 32.2. The van der Waals surface area contributed by atoms with Gasteiger partial charge >= 0.3 is 0 Å². The lowest BCUT2D eigenvalue weighted by Gasteiger charge is -2.19. The van der Waals surface area contributed by atoms with Crippen LogP contribution in [0.1, 0.15) is 11.4 Å². The molecule has 0 aliphatic carbocycles. The van der Waals surface area contributed by atoms with Crippen molar-refractivity contribution in [3.05, 3.63) is 60.2 Å². The largest absolute Gasteiger partial charge is 0.387 e. The van der Waals surface area contributed by atoms with E-state index >= 15 is 0 Å². The van der Waals surface area contributed by atoms with Crippen LogP contribution in [-0.2, 0) is 6.54 Å². The summed E-state index contributed by atoms with van der Waals surface area (Å²) in [5.41, 5.74) is 7.07. The van der Waals surface area contributed by atoms with E-state index in [0.29, 0.717) is 10.8 Å². The summed E-state index contributed by atoms with van der Waals surface area (Å²) in [6, 6.07) is 12.8. The topological polar surface area (TPSA) is 47.1 Å². The summed E-state index contributed by atoms with van der Waals surface area (Å²) in [7, 11) is 0. The van der Waals surface area contributed by atoms with Crippen molar-refractivity contribution in [1.82, 2.24) is 9.66 Å². The summed E-state index contributed by atoms with van der Waals surface area (Å²) in [6.07, 6.45) is 3.60. The van der Waals surface area contributed by atoms with Gasteiger partial charge in [0.2, 0.25) is 0 Å². The first-order valence-electron chi connectivity index (χ1n) is 6.53. The van der Waals surface area contributed by atoms with E-state index in [1.807, 2.05) is 10.9 Å². The Kier molecular flexibility index (Phi) is 2.87. The van der Waals surface area contributed by atoms with Crippen LogP contribution in [0.15, 0.2) is 53.7 Å². The Balaban J connectivity index is 1.79. The predicted octanol–water partition coefficient (Wildman–Crippen LogP) is 2.83. The number of nitrogens with zero attached hydrogens (tertiary/aromatic N) is 3. The second-order valence-electron chi connectivity index (χ2n) is 4.82. The van der Waals surface area contributed by atoms with E-state index in [-0.39, 0.29) is 0 Å². The van der Waals surface area contributed by atoms with Gasteiger partial charge in [-0.2, -0.15) is 0 Å². The molecule has 0 fully saturated rings. The average molecular weight is 312 g/mol. The van der Waals surface area contributed by atoms with E-state index in [1.54, 1.807) is 18.1 Å². The molecule has 21 heavy (non-hydrogen) atoms. The number of hydrogen-bond acceptors (Lipinski definition) is 4. The van der Waals surface area contributed by atoms with Gasteiger partial charge in [-0.1, -0.05) is 42.5 Å². The molecule has 0 bridgehead atoms. The van der Waals surface area contributed by atoms with Crippen LogP contribution in [-0.4, -0.2) is 14.6 Å². The van der Waals surface area contributed by atoms with Crippen LogP contribution in [0.3, 0.4) is 0 Å². The minimum atomic E-state index is 0.307. The van der Waals surface area contributed by atoms with Crippen molar-refractivity contribution in [3.63, 3.8) is 0 Å². The molecule has 0 amide bonds. The molecule has 4 rings (SSSR count). The highest BCUT2D eigenvalue weighted by Gasteiger charge is 2.24. The van der Waals surface area contributed by atoms with Gasteiger partial charge in [0.1, 0.15) is 4.99 Å². The van der Waals surface area contributed by atoms with E-state index in [0.717, 1.165) is 6.54 Å². The lowest BCUT2D eigenvalue weighted by atomic mass is 10.0. The standard InChI is InChI=1S/C15H12N4S2/c16-14(20)15-17-7-8-18(15)19-9-12-11-4-2-1-3-10(11)5-6-13(12)21-19/h1-8H,9H2,(H2,16,20). The molecule has 2 N–H and O–H groups in total. The molecule has 0 spiro atoms. The summed E-state index contributed by atoms with van der Waals surface area (Å²) in [5.74, 6) is 0.620. The average Bonchev–Trinajstić information content (AvgIpc) is 3.13. The highest BCUT2D eigenvalue weighted by Crippen LogP contribution is 2.38. The summed E-state index contributed by atoms with van der Waals surface area (Å²) >= 11 is 6.74. The van der Waals surface area contributed by atoms with Gasteiger partial charge in [0.05, 0.1) is 6.54 Å². The van der Waals surface area contributed by atoms with Gasteiger partial charge in [-0.25, -0.2) is 14.1 Å². The lowest BCUT2D eigenvalue weighted by Crippen LogP contribution is -2.28. The van der Waals surface area contributed by atoms with E-state index < -0.39 is 0 Å². The minimum Gasteiger partial charge on any atom is -0.387 e. The van der Waals surface area contributed by atoms with Crippen molar-refractivity contribution in [1.29, 1.82) is 0 Å². The van der Waals surface area contributed by atoms with Crippen molar-refractivity contribution >= 4 is 39.9 Å². The highest BCUT2D eigenvalue weighted by molar-refractivity contribution is 8.00. The van der Waals surface area contributed by atoms with Gasteiger partial charge in [0.25, 0.3) is 0 Å². The fraction of sp³-hybridized carbons (Fsp3) is 0.0667. The van der Waals surface area contributed by atoms with Crippen LogP contribution in [0.25, 0.3) is 10.8 Å². The molecule has 3 aromatic rings. The smallest absolute Gasteiger partial charge is 0.187 e. The zero-order valence-corrected chi connectivity index (χ0v) is 12.7. The third kappa shape index (κ3) is 1.99. The van der Waals surface area contributed by atoms with E-state index in [2.05, 4.69) is 45.8 Å². The molecule has 1 aromatic heterocycles. The molecule has 0 saturated carbocycles. The fourth-order valence-corrected chi connectivity index (χ4v) is 3.82. The zero-order chi connectivity index (χ0) is 14.4. The molecule has 2 heterocycles. The van der Waals surface area contributed by atoms with E-state index in [9.17, 15) is 0 Å². The molecule has 1 aliphatic rings. The van der Waals surface area contributed by atoms with Crippen LogP contribution in [0.5, 0.6) is 0 Å². The predicted molar refractivity (Wildman–Crippen MR) is 89.8 cm³/mol. The zero-order valence-electron chi connectivity index (χ0n) is 11.1. The third-order valence-corrected chi connectivity index (χ3v) is 4.85. The normalized spacial score (nSPS) is 13.6. The Morgan fingerprint density at radius 3 is 2.95 bits per heavy atom. The monoisotopic (exact) mass is 312 g/mol. The maximum absolute atomic E-state index is 5.73. The Labute approximate surface area is 131 Å². The van der Waals surface area contributed by atoms with Crippen LogP contribution in [0.4, 0.5) is 0 Å². The van der Waals surface area contributed by atoms with Crippen LogP contribution < -0.4 is 10.1 Å². The Bertz CT molecular complexity index is 856. The molecule has 0 radical (unpaired) electrons. The number of aromatic nitrogens is 2. The fourth-order valence-electron chi connectivity index (χ4n) is 2.62. The Hall–Kier alpha value is -2.05. The molecular weight excluding hydrogens is 300 g/mol. The first-order valence-corrected chi connectivity index (χ1v) is 7.72. The maximum atomic E-state index is 5.73. The number of fused-ring (bicyclic) bond motifs is 3. The molecule has 1 aliphatic heterocycles. The molecule has 6 heteroatoms. The van der Waals surface area contributed by atoms with E-state index in [4.69, 9.17) is 18.0 Å². The number of benzene rings is 2. The summed E-state index contributed by atoms with van der Waals surface area (Å²) in [6.45, 7) is 0.799. The number of thiocarbonyl (C=S) groups is 1. The summed E-state index contributed by atoms with van der Waals surface area (Å²) < 4.78 is 4.04. The van der Waals surface area contributed by atoms with Gasteiger partial charge in [-0.3, -0.25) is 0 Å². The van der Waals surface area contributed by atoms with Crippen molar-refractivity contribution in [2.45, 2.75) is 11.4 Å². The van der Waals surface area contributed by atoms with Crippen molar-refractivity contribution in [2.75, 3.05) is 4.41 Å². The van der Waals surface area contributed by atoms with Crippen molar-refractivity contribution in [2.24, 2.45) is 5.73 Å². The quantitative estimate of drug-likeness (QED) is 0.582. The minimum absolute atomic E-state index is 0.307. The van der Waals surface area contributed by atoms with Crippen LogP contribution in [0.2, 0.25) is 0 Å². The third-order valence-electron chi connectivity index (χ3n) is 3.58. The number of hydrogen-bond donors (Lipinski definition) is 1. The lowest BCUT2D eigenvalue weighted by molar-refractivity contribution is 0.754. The number of imidazole rings is 1. The van der Waals surface area contributed by atoms with Crippen molar-refractivity contribution in [3.8, 4) is 0 Å². The molecule has 0 atom stereocenters. The van der Waals surface area contributed by atoms with Gasteiger partial charge in [-0.15, -0.1) is 0 Å². The van der Waals surface area contributed by atoms with Crippen molar-refractivity contribution < 1.29 is 0 Å². The molecule has 0 saturated heterocycles. The van der Waals surface area contributed by atoms with Crippen LogP contribution >= 0.6 is 24.2 Å². The maximum Gasteiger partial charge on any atom is 0.187 e. The summed E-state index contributed by atoms with van der Waals surface area (Å²) in [4.78, 5) is 5.79. The first kappa shape index (κ1) is 12.7. The number of rotatable bonds is 2. The molecular formula is C15H12N4S2. The second-order valence-corrected chi connectivity index (χ2v) is 6.31. The van der Waals surface area contributed by atoms with E-state index in [1.165, 1.54) is 21.2 Å². The molecule has 2 aromatic carbocycles. The SMILES string of the molecule is NC(=S)c1nccn1N1Cc2c(ccc3ccccc23)S1. The number of nitrogens with two attached hydrogens (primary N) is 1. The van der Waals surface area contributed by atoms with Crippen LogP contribution in [0, 0.1) is 0 Å². The molecule has 104 valence electrons. The first-order chi connectivity index (χ1) is 10.2. The van der Waals surface area contributed by atoms with Gasteiger partial charge in [0, 0.05) is 29.2 Å². The Morgan fingerprint density at radius 2 is 2.10 bits per heavy atom.